The van der Waals surface area contributed by atoms with Crippen LogP contribution in [-0.4, -0.2) is 89.1 Å². The summed E-state index contributed by atoms with van der Waals surface area (Å²) in [5.74, 6) is -0.401. The normalized spacial score (nSPS) is 19.0. The van der Waals surface area contributed by atoms with Gasteiger partial charge in [-0.3, -0.25) is 14.8 Å². The number of esters is 1. The number of aromatic nitrogens is 1. The van der Waals surface area contributed by atoms with Crippen LogP contribution in [0.2, 0.25) is 0 Å². The number of anilines is 1. The van der Waals surface area contributed by atoms with E-state index in [0.717, 1.165) is 5.69 Å². The van der Waals surface area contributed by atoms with Crippen LogP contribution >= 0.6 is 27.3 Å². The van der Waals surface area contributed by atoms with Crippen LogP contribution in [0.15, 0.2) is 99.0 Å². The highest BCUT2D eigenvalue weighted by atomic mass is 79.9. The van der Waals surface area contributed by atoms with E-state index in [1.807, 2.05) is 22.4 Å². The number of carboxylic acid groups (broad SMARTS) is 1. The molecule has 0 saturated carbocycles. The number of halogens is 2. The van der Waals surface area contributed by atoms with Gasteiger partial charge in [0.05, 0.1) is 23.8 Å². The Bertz CT molecular complexity index is 2020. The van der Waals surface area contributed by atoms with Gasteiger partial charge in [-0.15, -0.1) is 11.3 Å². The molecule has 262 valence electrons. The number of fused-ring (bicyclic) bond motifs is 1. The Kier molecular flexibility index (Phi) is 9.84. The number of aromatic carboxylic acids is 1. The lowest BCUT2D eigenvalue weighted by atomic mass is 9.95. The van der Waals surface area contributed by atoms with Crippen molar-refractivity contribution in [3.05, 3.63) is 116 Å². The number of piperazine rings is 1. The van der Waals surface area contributed by atoms with Gasteiger partial charge in [0, 0.05) is 60.2 Å². The van der Waals surface area contributed by atoms with E-state index in [2.05, 4.69) is 31.1 Å². The van der Waals surface area contributed by atoms with E-state index in [4.69, 9.17) is 19.6 Å². The molecule has 0 aliphatic carbocycles. The molecule has 4 aromatic rings. The number of rotatable bonds is 10. The van der Waals surface area contributed by atoms with Crippen molar-refractivity contribution in [1.29, 1.82) is 0 Å². The van der Waals surface area contributed by atoms with Crippen LogP contribution < -0.4 is 15.0 Å². The molecule has 0 bridgehead atoms. The number of carbonyl (C=O) groups is 3. The molecule has 4 heterocycles. The third-order valence-corrected chi connectivity index (χ3v) is 10.3. The van der Waals surface area contributed by atoms with Crippen LogP contribution in [0.25, 0.3) is 0 Å². The summed E-state index contributed by atoms with van der Waals surface area (Å²) in [7, 11) is 0. The average Bonchev–Trinajstić information content (AvgIpc) is 3.77. The maximum Gasteiger partial charge on any atom is 0.338 e. The fraction of sp³-hybridized carbons (Fsp3) is 0.250. The number of nitrogens with zero attached hydrogens (tertiary/aromatic N) is 5. The van der Waals surface area contributed by atoms with Crippen LogP contribution in [0.3, 0.4) is 0 Å². The van der Waals surface area contributed by atoms with Gasteiger partial charge in [-0.2, -0.15) is 0 Å². The zero-order chi connectivity index (χ0) is 35.6. The summed E-state index contributed by atoms with van der Waals surface area (Å²) < 4.78 is 26.0. The predicted octanol–water partition coefficient (Wildman–Crippen LogP) is 6.07. The number of nitrogens with one attached hydrogen (secondary N) is 1. The van der Waals surface area contributed by atoms with E-state index in [0.29, 0.717) is 76.4 Å². The van der Waals surface area contributed by atoms with Crippen LogP contribution in [0.1, 0.15) is 33.9 Å². The minimum Gasteiger partial charge on any atom is -0.478 e. The standard InChI is InChI=1S/C36H32BrFN6O6S/c1-2-49-35(47)30-29(40-32(33-39-13-16-51-33)41-31(30)27-12-5-22(38)17-28(27)37)20-42-14-15-43-24(18-42)19-44(36(43)48)23-6-10-26(11-7-23)50-25-8-3-21(4-9-25)34(45)46/h3-13,16-17,24,31H,2,14-15,18-20H2,1H3,(H,40,41)(H,45,46)/t24-,31-/m0/s1. The number of carbonyl (C=O) groups excluding carboxylic acids is 2. The largest absolute Gasteiger partial charge is 0.478 e. The molecule has 3 aromatic carbocycles. The summed E-state index contributed by atoms with van der Waals surface area (Å²) in [6.07, 6.45) is 1.68. The molecule has 7 rings (SSSR count). The number of hydrogen-bond acceptors (Lipinski definition) is 10. The molecule has 1 aromatic heterocycles. The number of hydrogen-bond donors (Lipinski definition) is 2. The van der Waals surface area contributed by atoms with Gasteiger partial charge in [-0.25, -0.2) is 23.8 Å². The summed E-state index contributed by atoms with van der Waals surface area (Å²) in [6.45, 7) is 4.36. The lowest BCUT2D eigenvalue weighted by Gasteiger charge is -2.38. The number of amidine groups is 1. The van der Waals surface area contributed by atoms with Gasteiger partial charge < -0.3 is 24.8 Å². The summed E-state index contributed by atoms with van der Waals surface area (Å²) in [5.41, 5.74) is 2.45. The van der Waals surface area contributed by atoms with Crippen molar-refractivity contribution in [1.82, 2.24) is 20.1 Å². The molecule has 3 aliphatic rings. The molecule has 3 aliphatic heterocycles. The Morgan fingerprint density at radius 3 is 2.47 bits per heavy atom. The van der Waals surface area contributed by atoms with Crippen LogP contribution in [-0.2, 0) is 9.53 Å². The Hall–Kier alpha value is -5.12. The molecular formula is C36H32BrFN6O6S. The molecule has 2 saturated heterocycles. The van der Waals surface area contributed by atoms with Gasteiger partial charge in [0.2, 0.25) is 0 Å². The topological polar surface area (TPSA) is 137 Å². The van der Waals surface area contributed by atoms with E-state index < -0.39 is 23.8 Å². The van der Waals surface area contributed by atoms with Crippen molar-refractivity contribution in [2.75, 3.05) is 44.2 Å². The summed E-state index contributed by atoms with van der Waals surface area (Å²) in [4.78, 5) is 53.4. The Morgan fingerprint density at radius 2 is 1.80 bits per heavy atom. The number of amides is 2. The lowest BCUT2D eigenvalue weighted by Crippen LogP contribution is -2.53. The number of ether oxygens (including phenoxy) is 2. The van der Waals surface area contributed by atoms with Gasteiger partial charge in [-0.05, 0) is 73.2 Å². The van der Waals surface area contributed by atoms with Crippen molar-refractivity contribution in [2.24, 2.45) is 4.99 Å². The van der Waals surface area contributed by atoms with Crippen molar-refractivity contribution in [3.63, 3.8) is 0 Å². The van der Waals surface area contributed by atoms with Gasteiger partial charge in [0.15, 0.2) is 10.8 Å². The SMILES string of the molecule is CCOC(=O)C1=C(CN2CCN3C(=O)N(c4ccc(Oc5ccc(C(=O)O)cc5)cc4)C[C@@H]3C2)NC(c2nccs2)=N[C@H]1c1ccc(F)cc1Br. The first kappa shape index (κ1) is 34.3. The van der Waals surface area contributed by atoms with Gasteiger partial charge in [-0.1, -0.05) is 22.0 Å². The number of carboxylic acids is 1. The molecular weight excluding hydrogens is 743 g/mol. The molecule has 51 heavy (non-hydrogen) atoms. The Morgan fingerprint density at radius 1 is 1.06 bits per heavy atom. The second-order valence-corrected chi connectivity index (χ2v) is 13.8. The molecule has 2 fully saturated rings. The third kappa shape index (κ3) is 7.22. The summed E-state index contributed by atoms with van der Waals surface area (Å²) in [5, 5.41) is 15.0. The Labute approximate surface area is 304 Å². The zero-order valence-electron chi connectivity index (χ0n) is 27.3. The molecule has 2 atom stereocenters. The van der Waals surface area contributed by atoms with Crippen molar-refractivity contribution < 1.29 is 33.4 Å². The third-order valence-electron chi connectivity index (χ3n) is 8.82. The molecule has 2 amide bonds. The zero-order valence-corrected chi connectivity index (χ0v) is 29.7. The van der Waals surface area contributed by atoms with E-state index >= 15 is 0 Å². The Balaban J connectivity index is 1.09. The van der Waals surface area contributed by atoms with E-state index in [-0.39, 0.29) is 24.2 Å². The second-order valence-electron chi connectivity index (χ2n) is 12.0. The van der Waals surface area contributed by atoms with Crippen molar-refractivity contribution >= 4 is 56.8 Å². The minimum atomic E-state index is -1.01. The maximum absolute atomic E-state index is 14.1. The fourth-order valence-electron chi connectivity index (χ4n) is 6.42. The lowest BCUT2D eigenvalue weighted by molar-refractivity contribution is -0.139. The summed E-state index contributed by atoms with van der Waals surface area (Å²) in [6, 6.07) is 16.7. The molecule has 2 N–H and O–H groups in total. The van der Waals surface area contributed by atoms with Crippen molar-refractivity contribution in [2.45, 2.75) is 19.0 Å². The monoisotopic (exact) mass is 774 g/mol. The molecule has 0 spiro atoms. The highest BCUT2D eigenvalue weighted by Crippen LogP contribution is 2.37. The quantitative estimate of drug-likeness (QED) is 0.184. The second kappa shape index (κ2) is 14.6. The fourth-order valence-corrected chi connectivity index (χ4v) is 7.57. The number of thiazole rings is 1. The number of aliphatic imine (C=N–C) groups is 1. The van der Waals surface area contributed by atoms with Crippen LogP contribution in [0.5, 0.6) is 11.5 Å². The average molecular weight is 776 g/mol. The first-order valence-corrected chi connectivity index (χ1v) is 17.9. The van der Waals surface area contributed by atoms with Crippen molar-refractivity contribution in [3.8, 4) is 11.5 Å². The van der Waals surface area contributed by atoms with E-state index in [1.54, 1.807) is 48.4 Å². The van der Waals surface area contributed by atoms with Crippen LogP contribution in [0, 0.1) is 5.82 Å². The smallest absolute Gasteiger partial charge is 0.338 e. The first-order valence-electron chi connectivity index (χ1n) is 16.2. The first-order chi connectivity index (χ1) is 24.7. The molecule has 0 unspecified atom stereocenters. The van der Waals surface area contributed by atoms with Gasteiger partial charge in [0.25, 0.3) is 0 Å². The number of urea groups is 1. The molecule has 0 radical (unpaired) electrons. The van der Waals surface area contributed by atoms with Gasteiger partial charge in [0.1, 0.15) is 23.4 Å². The molecule has 12 nitrogen and oxygen atoms in total. The highest BCUT2D eigenvalue weighted by molar-refractivity contribution is 9.10. The van der Waals surface area contributed by atoms with E-state index in [1.165, 1.54) is 35.6 Å². The van der Waals surface area contributed by atoms with Crippen LogP contribution in [0.4, 0.5) is 14.9 Å². The number of benzene rings is 3. The minimum absolute atomic E-state index is 0.0841. The predicted molar refractivity (Wildman–Crippen MR) is 192 cm³/mol. The summed E-state index contributed by atoms with van der Waals surface area (Å²) >= 11 is 4.89. The van der Waals surface area contributed by atoms with E-state index in [9.17, 15) is 18.8 Å². The van der Waals surface area contributed by atoms with Gasteiger partial charge >= 0.3 is 18.0 Å². The molecule has 15 heteroatoms. The maximum atomic E-state index is 14.1. The highest BCUT2D eigenvalue weighted by Gasteiger charge is 2.42.